The molecule has 0 spiro atoms. The number of ether oxygens (including phenoxy) is 2. The topological polar surface area (TPSA) is 204 Å². The first-order valence-corrected chi connectivity index (χ1v) is 14.6. The zero-order valence-electron chi connectivity index (χ0n) is 20.6. The van der Waals surface area contributed by atoms with E-state index in [1.165, 1.54) is 17.1 Å². The van der Waals surface area contributed by atoms with Crippen molar-refractivity contribution in [2.45, 2.75) is 70.3 Å². The molecule has 0 saturated carbocycles. The van der Waals surface area contributed by atoms with Crippen LogP contribution in [0.4, 0.5) is 5.95 Å². The number of hydrogen-bond donors (Lipinski definition) is 3. The molecule has 3 aromatic heterocycles. The number of hydrogen-bond acceptors (Lipinski definition) is 12. The molecule has 3 aromatic rings. The van der Waals surface area contributed by atoms with E-state index in [1.54, 1.807) is 11.5 Å². The summed E-state index contributed by atoms with van der Waals surface area (Å²) >= 11 is 5.15. The Bertz CT molecular complexity index is 1570. The van der Waals surface area contributed by atoms with Crippen LogP contribution in [0, 0.1) is 6.92 Å². The Morgan fingerprint density at radius 1 is 1.21 bits per heavy atom. The fraction of sp³-hybridized carbons (Fsp3) is 0.571. The summed E-state index contributed by atoms with van der Waals surface area (Å²) in [6.45, 7) is -0.551. The van der Waals surface area contributed by atoms with Crippen molar-refractivity contribution in [2.75, 3.05) is 12.3 Å². The zero-order chi connectivity index (χ0) is 27.2. The van der Waals surface area contributed by atoms with Crippen molar-refractivity contribution >= 4 is 35.6 Å². The van der Waals surface area contributed by atoms with E-state index < -0.39 is 54.3 Å². The number of nitrogens with one attached hydrogen (secondary N) is 2. The summed E-state index contributed by atoms with van der Waals surface area (Å²) in [7, 11) is 0. The first kappa shape index (κ1) is 26.9. The smallest absolute Gasteiger partial charge is 0.330 e. The Balaban J connectivity index is 1.21. The van der Waals surface area contributed by atoms with Gasteiger partial charge in [-0.15, -0.1) is 0 Å². The normalized spacial score (nSPS) is 27.2. The van der Waals surface area contributed by atoms with Crippen molar-refractivity contribution in [3.8, 4) is 0 Å². The third kappa shape index (κ3) is 5.38. The fourth-order valence-electron chi connectivity index (χ4n) is 4.68. The van der Waals surface area contributed by atoms with E-state index in [4.69, 9.17) is 36.1 Å². The van der Waals surface area contributed by atoms with E-state index in [9.17, 15) is 19.3 Å². The molecule has 38 heavy (non-hydrogen) atoms. The number of imidazole rings is 1. The van der Waals surface area contributed by atoms with Crippen LogP contribution in [0.25, 0.3) is 11.2 Å². The molecule has 15 nitrogen and oxygen atoms in total. The zero-order valence-corrected chi connectivity index (χ0v) is 22.3. The maximum absolute atomic E-state index is 13.0. The molecule has 5 rings (SSSR count). The number of aryl methyl sites for hydroxylation is 1. The number of rotatable bonds is 8. The van der Waals surface area contributed by atoms with Gasteiger partial charge in [-0.3, -0.25) is 28.7 Å². The lowest BCUT2D eigenvalue weighted by atomic mass is 10.1. The van der Waals surface area contributed by atoms with Crippen LogP contribution in [0.5, 0.6) is 0 Å². The molecule has 6 atom stereocenters. The van der Waals surface area contributed by atoms with Gasteiger partial charge in [-0.05, 0) is 26.2 Å². The molecule has 1 unspecified atom stereocenters. The SMILES string of the molecule is CC[C@H]1O[C@@H](n2cnc3c(=O)[nH]c(N)nc32)C[C@H]1OP([O-])(=S)OC[C@@H]1CC[C@H](n2cc(C)c(=O)[nH]c2=O)O1. The monoisotopic (exact) mass is 568 g/mol. The highest BCUT2D eigenvalue weighted by Crippen LogP contribution is 2.46. The van der Waals surface area contributed by atoms with Gasteiger partial charge in [0.05, 0.1) is 31.2 Å². The highest BCUT2D eigenvalue weighted by Gasteiger charge is 2.38. The molecule has 2 fully saturated rings. The molecule has 0 aromatic carbocycles. The van der Waals surface area contributed by atoms with Crippen LogP contribution < -0.4 is 27.4 Å². The number of nitrogens with zero attached hydrogens (tertiary/aromatic N) is 4. The van der Waals surface area contributed by atoms with Crippen LogP contribution in [0.3, 0.4) is 0 Å². The molecule has 2 aliphatic heterocycles. The van der Waals surface area contributed by atoms with Crippen LogP contribution in [0.15, 0.2) is 26.9 Å². The van der Waals surface area contributed by atoms with Gasteiger partial charge in [0.2, 0.25) is 5.95 Å². The van der Waals surface area contributed by atoms with Gasteiger partial charge < -0.3 is 29.1 Å². The van der Waals surface area contributed by atoms with Gasteiger partial charge >= 0.3 is 5.69 Å². The predicted octanol–water partition coefficient (Wildman–Crippen LogP) is -0.0779. The number of anilines is 1. The van der Waals surface area contributed by atoms with E-state index in [1.807, 2.05) is 6.92 Å². The average molecular weight is 569 g/mol. The Morgan fingerprint density at radius 2 is 2.00 bits per heavy atom. The van der Waals surface area contributed by atoms with Crippen LogP contribution in [-0.2, 0) is 30.3 Å². The molecular weight excluding hydrogens is 541 g/mol. The minimum atomic E-state index is -3.94. The first-order valence-electron chi connectivity index (χ1n) is 12.0. The second-order valence-corrected chi connectivity index (χ2v) is 11.9. The van der Waals surface area contributed by atoms with E-state index in [0.717, 1.165) is 0 Å². The molecule has 2 aliphatic rings. The Hall–Kier alpha value is -2.72. The standard InChI is InChI=1S/C21H28N7O8PS/c1-3-12-13(6-15(35-12)28-9-23-16-17(28)24-20(22)25-19(16)30)36-37(32,38)33-8-11-4-5-14(34-11)27-7-10(2)18(29)26-21(27)31/h7,9,11-15H,3-6,8H2,1-2H3,(H,32,38)(H,26,29,31)(H3,22,24,25,30)/p-1/t11-,12+,13+,14+,15+,37?/m0/s1. The number of aromatic nitrogens is 6. The first-order chi connectivity index (χ1) is 18.0. The minimum Gasteiger partial charge on any atom is -0.780 e. The van der Waals surface area contributed by atoms with Gasteiger partial charge in [0.1, 0.15) is 19.2 Å². The van der Waals surface area contributed by atoms with E-state index >= 15 is 0 Å². The van der Waals surface area contributed by atoms with E-state index in [0.29, 0.717) is 24.8 Å². The lowest BCUT2D eigenvalue weighted by molar-refractivity contribution is -0.214. The summed E-state index contributed by atoms with van der Waals surface area (Å²) in [6, 6.07) is 0. The highest BCUT2D eigenvalue weighted by molar-refractivity contribution is 8.06. The Morgan fingerprint density at radius 3 is 2.76 bits per heavy atom. The maximum Gasteiger partial charge on any atom is 0.330 e. The third-order valence-corrected chi connectivity index (χ3v) is 8.14. The van der Waals surface area contributed by atoms with Crippen LogP contribution in [0.1, 0.15) is 50.6 Å². The number of nitrogens with two attached hydrogens (primary N) is 1. The average Bonchev–Trinajstić information content (AvgIpc) is 3.58. The largest absolute Gasteiger partial charge is 0.780 e. The molecule has 206 valence electrons. The van der Waals surface area contributed by atoms with E-state index in [2.05, 4.69) is 19.9 Å². The molecule has 4 N–H and O–H groups in total. The molecular formula is C21H27N7O8PS-. The van der Waals surface area contributed by atoms with Gasteiger partial charge in [0.15, 0.2) is 11.2 Å². The van der Waals surface area contributed by atoms with Crippen molar-refractivity contribution < 1.29 is 23.4 Å². The van der Waals surface area contributed by atoms with Crippen molar-refractivity contribution in [1.82, 2.24) is 29.1 Å². The maximum atomic E-state index is 13.0. The van der Waals surface area contributed by atoms with Crippen molar-refractivity contribution in [3.63, 3.8) is 0 Å². The summed E-state index contributed by atoms with van der Waals surface area (Å²) in [5.74, 6) is -0.0533. The van der Waals surface area contributed by atoms with Gasteiger partial charge in [-0.2, -0.15) is 4.98 Å². The summed E-state index contributed by atoms with van der Waals surface area (Å²) in [6.07, 6.45) is 1.95. The summed E-state index contributed by atoms with van der Waals surface area (Å²) in [4.78, 5) is 61.8. The highest BCUT2D eigenvalue weighted by atomic mass is 32.5. The van der Waals surface area contributed by atoms with Gasteiger partial charge in [-0.1, -0.05) is 18.7 Å². The lowest BCUT2D eigenvalue weighted by Crippen LogP contribution is -2.33. The minimum absolute atomic E-state index is 0.0533. The summed E-state index contributed by atoms with van der Waals surface area (Å²) in [5.41, 5.74) is 4.95. The Kier molecular flexibility index (Phi) is 7.39. The second-order valence-electron chi connectivity index (χ2n) is 9.20. The van der Waals surface area contributed by atoms with E-state index in [-0.39, 0.29) is 30.1 Å². The number of aromatic amines is 2. The number of H-pyrrole nitrogens is 2. The molecule has 5 heterocycles. The molecule has 0 bridgehead atoms. The summed E-state index contributed by atoms with van der Waals surface area (Å²) in [5, 5.41) is 0. The molecule has 0 radical (unpaired) electrons. The van der Waals surface area contributed by atoms with Gasteiger partial charge in [0.25, 0.3) is 11.1 Å². The number of nitrogen functional groups attached to an aromatic ring is 1. The third-order valence-electron chi connectivity index (χ3n) is 6.57. The van der Waals surface area contributed by atoms with Crippen LogP contribution in [0.2, 0.25) is 0 Å². The van der Waals surface area contributed by atoms with Crippen molar-refractivity contribution in [3.05, 3.63) is 49.3 Å². The Labute approximate surface area is 220 Å². The van der Waals surface area contributed by atoms with Crippen molar-refractivity contribution in [2.24, 2.45) is 0 Å². The quantitative estimate of drug-likeness (QED) is 0.305. The van der Waals surface area contributed by atoms with Crippen LogP contribution >= 0.6 is 6.72 Å². The second kappa shape index (κ2) is 10.4. The molecule has 0 amide bonds. The van der Waals surface area contributed by atoms with Crippen molar-refractivity contribution in [1.29, 1.82) is 0 Å². The predicted molar refractivity (Wildman–Crippen MR) is 136 cm³/mol. The summed E-state index contributed by atoms with van der Waals surface area (Å²) < 4.78 is 26.1. The molecule has 2 saturated heterocycles. The fourth-order valence-corrected chi connectivity index (χ4v) is 6.16. The van der Waals surface area contributed by atoms with Gasteiger partial charge in [-0.25, -0.2) is 9.78 Å². The molecule has 0 aliphatic carbocycles. The number of fused-ring (bicyclic) bond motifs is 1. The lowest BCUT2D eigenvalue weighted by Gasteiger charge is -2.32. The van der Waals surface area contributed by atoms with Crippen LogP contribution in [-0.4, -0.2) is 54.0 Å². The molecule has 17 heteroatoms. The van der Waals surface area contributed by atoms with Gasteiger partial charge in [0, 0.05) is 18.2 Å².